The molecule has 0 aliphatic rings. The first-order valence-corrected chi connectivity index (χ1v) is 5.31. The first kappa shape index (κ1) is 10.5. The van der Waals surface area contributed by atoms with E-state index in [-0.39, 0.29) is 0 Å². The SMILES string of the molecule is CCC(C)Nc1cnc(Br)c(C)c1. The summed E-state index contributed by atoms with van der Waals surface area (Å²) in [6, 6.07) is 2.60. The summed E-state index contributed by atoms with van der Waals surface area (Å²) in [6.07, 6.45) is 2.97. The first-order valence-electron chi connectivity index (χ1n) is 4.52. The molecule has 13 heavy (non-hydrogen) atoms. The second-order valence-corrected chi connectivity index (χ2v) is 4.04. The third kappa shape index (κ3) is 2.99. The molecule has 0 spiro atoms. The van der Waals surface area contributed by atoms with Gasteiger partial charge in [0.25, 0.3) is 0 Å². The Hall–Kier alpha value is -0.570. The van der Waals surface area contributed by atoms with Gasteiger partial charge < -0.3 is 5.32 Å². The van der Waals surface area contributed by atoms with Gasteiger partial charge in [0.1, 0.15) is 4.60 Å². The molecule has 1 aromatic rings. The van der Waals surface area contributed by atoms with Crippen molar-refractivity contribution < 1.29 is 0 Å². The Bertz CT molecular complexity index is 286. The monoisotopic (exact) mass is 242 g/mol. The molecule has 1 N–H and O–H groups in total. The van der Waals surface area contributed by atoms with Crippen molar-refractivity contribution in [1.82, 2.24) is 4.98 Å². The fourth-order valence-corrected chi connectivity index (χ4v) is 1.24. The molecule has 0 saturated heterocycles. The molecule has 0 bridgehead atoms. The molecule has 0 aliphatic heterocycles. The summed E-state index contributed by atoms with van der Waals surface area (Å²) in [5, 5.41) is 3.38. The molecule has 0 saturated carbocycles. The molecular weight excluding hydrogens is 228 g/mol. The van der Waals surface area contributed by atoms with Crippen LogP contribution in [0, 0.1) is 6.92 Å². The molecule has 0 aliphatic carbocycles. The average Bonchev–Trinajstić information content (AvgIpc) is 2.11. The standard InChI is InChI=1S/C10H15BrN2/c1-4-8(3)13-9-5-7(2)10(11)12-6-9/h5-6,8,13H,4H2,1-3H3. The largest absolute Gasteiger partial charge is 0.381 e. The minimum absolute atomic E-state index is 0.502. The summed E-state index contributed by atoms with van der Waals surface area (Å²) in [6.45, 7) is 6.37. The Kier molecular flexibility index (Phi) is 3.72. The normalized spacial score (nSPS) is 12.6. The number of hydrogen-bond donors (Lipinski definition) is 1. The van der Waals surface area contributed by atoms with Crippen molar-refractivity contribution in [3.63, 3.8) is 0 Å². The van der Waals surface area contributed by atoms with E-state index in [2.05, 4.69) is 46.1 Å². The van der Waals surface area contributed by atoms with Crippen molar-refractivity contribution in [2.45, 2.75) is 33.2 Å². The van der Waals surface area contributed by atoms with E-state index < -0.39 is 0 Å². The van der Waals surface area contributed by atoms with Gasteiger partial charge in [0.15, 0.2) is 0 Å². The number of aromatic nitrogens is 1. The van der Waals surface area contributed by atoms with Gasteiger partial charge >= 0.3 is 0 Å². The van der Waals surface area contributed by atoms with Gasteiger partial charge in [0, 0.05) is 6.04 Å². The highest BCUT2D eigenvalue weighted by molar-refractivity contribution is 9.10. The number of pyridine rings is 1. The van der Waals surface area contributed by atoms with Crippen LogP contribution in [0.25, 0.3) is 0 Å². The summed E-state index contributed by atoms with van der Waals surface area (Å²) in [5.41, 5.74) is 2.25. The molecule has 1 heterocycles. The van der Waals surface area contributed by atoms with Gasteiger partial charge in [-0.05, 0) is 47.8 Å². The molecule has 2 nitrogen and oxygen atoms in total. The highest BCUT2D eigenvalue weighted by Crippen LogP contribution is 2.17. The van der Waals surface area contributed by atoms with Crippen LogP contribution in [0.3, 0.4) is 0 Å². The fraction of sp³-hybridized carbons (Fsp3) is 0.500. The maximum Gasteiger partial charge on any atom is 0.109 e. The molecule has 72 valence electrons. The van der Waals surface area contributed by atoms with Crippen LogP contribution in [-0.4, -0.2) is 11.0 Å². The molecule has 1 aromatic heterocycles. The second kappa shape index (κ2) is 4.61. The van der Waals surface area contributed by atoms with Crippen LogP contribution in [0.1, 0.15) is 25.8 Å². The van der Waals surface area contributed by atoms with E-state index in [0.29, 0.717) is 6.04 Å². The number of aryl methyl sites for hydroxylation is 1. The zero-order valence-electron chi connectivity index (χ0n) is 8.26. The lowest BCUT2D eigenvalue weighted by Gasteiger charge is -2.13. The summed E-state index contributed by atoms with van der Waals surface area (Å²) in [4.78, 5) is 4.22. The van der Waals surface area contributed by atoms with Gasteiger partial charge in [-0.25, -0.2) is 4.98 Å². The maximum absolute atomic E-state index is 4.22. The van der Waals surface area contributed by atoms with Crippen LogP contribution < -0.4 is 5.32 Å². The molecule has 1 rings (SSSR count). The van der Waals surface area contributed by atoms with Gasteiger partial charge in [-0.2, -0.15) is 0 Å². The third-order valence-corrected chi connectivity index (χ3v) is 2.87. The highest BCUT2D eigenvalue weighted by Gasteiger charge is 2.01. The second-order valence-electron chi connectivity index (χ2n) is 3.29. The van der Waals surface area contributed by atoms with E-state index in [9.17, 15) is 0 Å². The van der Waals surface area contributed by atoms with Crippen molar-refractivity contribution in [3.05, 3.63) is 22.4 Å². The number of nitrogens with zero attached hydrogens (tertiary/aromatic N) is 1. The van der Waals surface area contributed by atoms with E-state index in [1.807, 2.05) is 13.1 Å². The molecule has 0 aromatic carbocycles. The van der Waals surface area contributed by atoms with Gasteiger partial charge in [-0.1, -0.05) is 6.92 Å². The van der Waals surface area contributed by atoms with E-state index in [4.69, 9.17) is 0 Å². The zero-order chi connectivity index (χ0) is 9.84. The van der Waals surface area contributed by atoms with Crippen molar-refractivity contribution in [2.24, 2.45) is 0 Å². The van der Waals surface area contributed by atoms with Gasteiger partial charge in [-0.15, -0.1) is 0 Å². The van der Waals surface area contributed by atoms with Crippen LogP contribution in [-0.2, 0) is 0 Å². The number of halogens is 1. The maximum atomic E-state index is 4.22. The zero-order valence-corrected chi connectivity index (χ0v) is 9.85. The van der Waals surface area contributed by atoms with Crippen molar-refractivity contribution >= 4 is 21.6 Å². The predicted octanol–water partition coefficient (Wildman–Crippen LogP) is 3.36. The predicted molar refractivity (Wildman–Crippen MR) is 60.0 cm³/mol. The number of anilines is 1. The van der Waals surface area contributed by atoms with E-state index in [0.717, 1.165) is 22.3 Å². The lowest BCUT2D eigenvalue weighted by Crippen LogP contribution is -2.13. The number of hydrogen-bond acceptors (Lipinski definition) is 2. The molecule has 1 atom stereocenters. The lowest BCUT2D eigenvalue weighted by molar-refractivity contribution is 0.763. The lowest BCUT2D eigenvalue weighted by atomic mass is 10.2. The van der Waals surface area contributed by atoms with Crippen LogP contribution in [0.15, 0.2) is 16.9 Å². The molecule has 3 heteroatoms. The van der Waals surface area contributed by atoms with Gasteiger partial charge in [0.2, 0.25) is 0 Å². The minimum atomic E-state index is 0.502. The third-order valence-electron chi connectivity index (χ3n) is 2.04. The Morgan fingerprint density at radius 2 is 2.31 bits per heavy atom. The minimum Gasteiger partial charge on any atom is -0.381 e. The fourth-order valence-electron chi connectivity index (χ4n) is 1.02. The van der Waals surface area contributed by atoms with E-state index >= 15 is 0 Å². The molecule has 0 amide bonds. The van der Waals surface area contributed by atoms with Gasteiger partial charge in [-0.3, -0.25) is 0 Å². The summed E-state index contributed by atoms with van der Waals surface area (Å²) in [7, 11) is 0. The van der Waals surface area contributed by atoms with Crippen molar-refractivity contribution in [3.8, 4) is 0 Å². The Balaban J connectivity index is 2.73. The Morgan fingerprint density at radius 3 is 2.85 bits per heavy atom. The average molecular weight is 243 g/mol. The first-order chi connectivity index (χ1) is 6.13. The van der Waals surface area contributed by atoms with Crippen molar-refractivity contribution in [1.29, 1.82) is 0 Å². The summed E-state index contributed by atoms with van der Waals surface area (Å²) in [5.74, 6) is 0. The van der Waals surface area contributed by atoms with Crippen LogP contribution in [0.4, 0.5) is 5.69 Å². The van der Waals surface area contributed by atoms with E-state index in [1.165, 1.54) is 0 Å². The van der Waals surface area contributed by atoms with Crippen LogP contribution in [0.2, 0.25) is 0 Å². The molecule has 1 unspecified atom stereocenters. The van der Waals surface area contributed by atoms with Gasteiger partial charge in [0.05, 0.1) is 11.9 Å². The molecular formula is C10H15BrN2. The van der Waals surface area contributed by atoms with Crippen molar-refractivity contribution in [2.75, 3.05) is 5.32 Å². The molecule has 0 fully saturated rings. The summed E-state index contributed by atoms with van der Waals surface area (Å²) >= 11 is 3.37. The van der Waals surface area contributed by atoms with Crippen LogP contribution >= 0.6 is 15.9 Å². The number of rotatable bonds is 3. The summed E-state index contributed by atoms with van der Waals surface area (Å²) < 4.78 is 0.919. The Labute approximate surface area is 87.9 Å². The number of nitrogens with one attached hydrogen (secondary N) is 1. The van der Waals surface area contributed by atoms with Crippen LogP contribution in [0.5, 0.6) is 0 Å². The highest BCUT2D eigenvalue weighted by atomic mass is 79.9. The smallest absolute Gasteiger partial charge is 0.109 e. The quantitative estimate of drug-likeness (QED) is 0.823. The molecule has 0 radical (unpaired) electrons. The topological polar surface area (TPSA) is 24.9 Å². The van der Waals surface area contributed by atoms with E-state index in [1.54, 1.807) is 0 Å². The Morgan fingerprint density at radius 1 is 1.62 bits per heavy atom.